The smallest absolute Gasteiger partial charge is 0.0897 e. The van der Waals surface area contributed by atoms with E-state index in [9.17, 15) is 5.11 Å². The Hall–Kier alpha value is -0.200. The van der Waals surface area contributed by atoms with Crippen molar-refractivity contribution >= 4 is 0 Å². The first-order valence-electron chi connectivity index (χ1n) is 5.91. The summed E-state index contributed by atoms with van der Waals surface area (Å²) < 4.78 is 10.5. The molecule has 16 heavy (non-hydrogen) atoms. The predicted molar refractivity (Wildman–Crippen MR) is 62.5 cm³/mol. The van der Waals surface area contributed by atoms with Crippen LogP contribution in [0.15, 0.2) is 0 Å². The molecule has 0 bridgehead atoms. The van der Waals surface area contributed by atoms with Crippen LogP contribution in [0.1, 0.15) is 13.8 Å². The fourth-order valence-corrected chi connectivity index (χ4v) is 1.33. The molecule has 0 amide bonds. The van der Waals surface area contributed by atoms with Gasteiger partial charge in [0.05, 0.1) is 25.9 Å². The number of aliphatic hydroxyl groups is 2. The van der Waals surface area contributed by atoms with Crippen molar-refractivity contribution in [2.24, 2.45) is 0 Å². The monoisotopic (exact) mass is 235 g/mol. The van der Waals surface area contributed by atoms with Crippen LogP contribution in [0.4, 0.5) is 0 Å². The van der Waals surface area contributed by atoms with Gasteiger partial charge in [-0.1, -0.05) is 0 Å². The molecule has 0 aromatic rings. The standard InChI is InChI=1S/C11H25NO4/c1-3-15-7-5-12(6-8-16-4-2)9-11(14)10-13/h11,13-14H,3-10H2,1-2H3. The zero-order valence-electron chi connectivity index (χ0n) is 10.4. The first kappa shape index (κ1) is 15.8. The van der Waals surface area contributed by atoms with Crippen molar-refractivity contribution in [2.45, 2.75) is 20.0 Å². The van der Waals surface area contributed by atoms with Crippen LogP contribution in [-0.4, -0.2) is 73.9 Å². The third-order valence-corrected chi connectivity index (χ3v) is 2.19. The molecule has 0 aliphatic rings. The Morgan fingerprint density at radius 1 is 1.06 bits per heavy atom. The number of aliphatic hydroxyl groups excluding tert-OH is 2. The summed E-state index contributed by atoms with van der Waals surface area (Å²) in [6.07, 6.45) is -0.691. The van der Waals surface area contributed by atoms with E-state index in [1.54, 1.807) is 0 Å². The number of ether oxygens (including phenoxy) is 2. The fourth-order valence-electron chi connectivity index (χ4n) is 1.33. The highest BCUT2D eigenvalue weighted by molar-refractivity contribution is 4.63. The van der Waals surface area contributed by atoms with Gasteiger partial charge in [-0.3, -0.25) is 4.90 Å². The van der Waals surface area contributed by atoms with E-state index in [2.05, 4.69) is 0 Å². The van der Waals surface area contributed by atoms with Crippen molar-refractivity contribution in [2.75, 3.05) is 52.7 Å². The molecule has 0 spiro atoms. The molecule has 0 rings (SSSR count). The normalized spacial score (nSPS) is 13.3. The molecule has 1 atom stereocenters. The van der Waals surface area contributed by atoms with Crippen molar-refractivity contribution in [3.8, 4) is 0 Å². The maximum atomic E-state index is 9.37. The lowest BCUT2D eigenvalue weighted by Gasteiger charge is -2.23. The minimum absolute atomic E-state index is 0.209. The van der Waals surface area contributed by atoms with Crippen LogP contribution in [-0.2, 0) is 9.47 Å². The SMILES string of the molecule is CCOCCN(CCOCC)CC(O)CO. The van der Waals surface area contributed by atoms with E-state index in [-0.39, 0.29) is 6.61 Å². The summed E-state index contributed by atoms with van der Waals surface area (Å²) in [7, 11) is 0. The summed E-state index contributed by atoms with van der Waals surface area (Å²) in [4.78, 5) is 2.03. The molecule has 1 unspecified atom stereocenters. The third kappa shape index (κ3) is 9.06. The van der Waals surface area contributed by atoms with Crippen LogP contribution >= 0.6 is 0 Å². The van der Waals surface area contributed by atoms with Crippen LogP contribution in [0.5, 0.6) is 0 Å². The van der Waals surface area contributed by atoms with E-state index < -0.39 is 6.10 Å². The molecule has 0 aliphatic carbocycles. The van der Waals surface area contributed by atoms with Crippen molar-refractivity contribution in [3.63, 3.8) is 0 Å². The topological polar surface area (TPSA) is 62.2 Å². The zero-order valence-corrected chi connectivity index (χ0v) is 10.4. The van der Waals surface area contributed by atoms with Gasteiger partial charge in [-0.25, -0.2) is 0 Å². The van der Waals surface area contributed by atoms with Crippen molar-refractivity contribution in [3.05, 3.63) is 0 Å². The van der Waals surface area contributed by atoms with E-state index in [1.165, 1.54) is 0 Å². The fraction of sp³-hybridized carbons (Fsp3) is 1.00. The number of rotatable bonds is 11. The Kier molecular flexibility index (Phi) is 11.1. The van der Waals surface area contributed by atoms with Crippen LogP contribution in [0.2, 0.25) is 0 Å². The van der Waals surface area contributed by atoms with Gasteiger partial charge in [-0.2, -0.15) is 0 Å². The maximum Gasteiger partial charge on any atom is 0.0897 e. The molecule has 5 nitrogen and oxygen atoms in total. The molecule has 2 N–H and O–H groups in total. The molecule has 0 saturated carbocycles. The highest BCUT2D eigenvalue weighted by Crippen LogP contribution is 1.94. The van der Waals surface area contributed by atoms with E-state index in [1.807, 2.05) is 18.7 Å². The molecule has 0 aromatic heterocycles. The van der Waals surface area contributed by atoms with Crippen molar-refractivity contribution < 1.29 is 19.7 Å². The van der Waals surface area contributed by atoms with Crippen LogP contribution in [0, 0.1) is 0 Å². The Morgan fingerprint density at radius 3 is 1.94 bits per heavy atom. The minimum atomic E-state index is -0.691. The van der Waals surface area contributed by atoms with E-state index >= 15 is 0 Å². The van der Waals surface area contributed by atoms with Crippen LogP contribution in [0.3, 0.4) is 0 Å². The zero-order chi connectivity index (χ0) is 12.2. The van der Waals surface area contributed by atoms with Gasteiger partial charge in [-0.15, -0.1) is 0 Å². The lowest BCUT2D eigenvalue weighted by Crippen LogP contribution is -2.38. The highest BCUT2D eigenvalue weighted by Gasteiger charge is 2.10. The van der Waals surface area contributed by atoms with E-state index in [0.29, 0.717) is 33.0 Å². The van der Waals surface area contributed by atoms with Gasteiger partial charge in [0.2, 0.25) is 0 Å². The molecule has 0 heterocycles. The number of hydrogen-bond donors (Lipinski definition) is 2. The van der Waals surface area contributed by atoms with Crippen molar-refractivity contribution in [1.82, 2.24) is 4.90 Å². The minimum Gasteiger partial charge on any atom is -0.394 e. The van der Waals surface area contributed by atoms with E-state index in [4.69, 9.17) is 14.6 Å². The summed E-state index contributed by atoms with van der Waals surface area (Å²) >= 11 is 0. The lowest BCUT2D eigenvalue weighted by molar-refractivity contribution is 0.0314. The molecule has 5 heteroatoms. The summed E-state index contributed by atoms with van der Waals surface area (Å²) in [5, 5.41) is 18.2. The Labute approximate surface area is 98.0 Å². The third-order valence-electron chi connectivity index (χ3n) is 2.19. The summed E-state index contributed by atoms with van der Waals surface area (Å²) in [5.74, 6) is 0. The second-order valence-electron chi connectivity index (χ2n) is 3.53. The van der Waals surface area contributed by atoms with Crippen LogP contribution in [0.25, 0.3) is 0 Å². The average Bonchev–Trinajstić information content (AvgIpc) is 2.29. The molecule has 0 aliphatic heterocycles. The van der Waals surface area contributed by atoms with E-state index in [0.717, 1.165) is 13.1 Å². The molecular weight excluding hydrogens is 210 g/mol. The largest absolute Gasteiger partial charge is 0.394 e. The lowest BCUT2D eigenvalue weighted by atomic mass is 10.3. The molecule has 0 fully saturated rings. The average molecular weight is 235 g/mol. The quantitative estimate of drug-likeness (QED) is 0.482. The van der Waals surface area contributed by atoms with Gasteiger partial charge in [0.15, 0.2) is 0 Å². The first-order valence-corrected chi connectivity index (χ1v) is 5.91. The first-order chi connectivity index (χ1) is 7.74. The Morgan fingerprint density at radius 2 is 1.56 bits per heavy atom. The second-order valence-corrected chi connectivity index (χ2v) is 3.53. The summed E-state index contributed by atoms with van der Waals surface area (Å²) in [6.45, 7) is 8.32. The number of nitrogens with zero attached hydrogens (tertiary/aromatic N) is 1. The Balaban J connectivity index is 3.75. The summed E-state index contributed by atoms with van der Waals surface area (Å²) in [5.41, 5.74) is 0. The second kappa shape index (κ2) is 11.3. The molecule has 0 saturated heterocycles. The molecule has 0 radical (unpaired) electrons. The highest BCUT2D eigenvalue weighted by atomic mass is 16.5. The molecule has 98 valence electrons. The van der Waals surface area contributed by atoms with Gasteiger partial charge in [0, 0.05) is 32.8 Å². The predicted octanol–water partition coefficient (Wildman–Crippen LogP) is -0.285. The van der Waals surface area contributed by atoms with Gasteiger partial charge >= 0.3 is 0 Å². The summed E-state index contributed by atoms with van der Waals surface area (Å²) in [6, 6.07) is 0. The van der Waals surface area contributed by atoms with Gasteiger partial charge in [-0.05, 0) is 13.8 Å². The molecular formula is C11H25NO4. The van der Waals surface area contributed by atoms with Crippen LogP contribution < -0.4 is 0 Å². The maximum absolute atomic E-state index is 9.37. The van der Waals surface area contributed by atoms with Gasteiger partial charge < -0.3 is 19.7 Å². The molecule has 0 aromatic carbocycles. The number of hydrogen-bond acceptors (Lipinski definition) is 5. The van der Waals surface area contributed by atoms with Gasteiger partial charge in [0.25, 0.3) is 0 Å². The van der Waals surface area contributed by atoms with Crippen molar-refractivity contribution in [1.29, 1.82) is 0 Å². The van der Waals surface area contributed by atoms with Gasteiger partial charge in [0.1, 0.15) is 0 Å². The Bertz CT molecular complexity index is 136.